The summed E-state index contributed by atoms with van der Waals surface area (Å²) in [4.78, 5) is 13.4. The third-order valence-electron chi connectivity index (χ3n) is 2.65. The standard InChI is InChI=1S/C12H16N2OS/c1-9(15)13-12-8-16-10(2)14(12)11-6-4-3-5-7-11/h3-7,10,12H,8H2,1-2H3,(H,13,15). The highest BCUT2D eigenvalue weighted by Gasteiger charge is 2.31. The lowest BCUT2D eigenvalue weighted by atomic mass is 10.2. The van der Waals surface area contributed by atoms with Gasteiger partial charge in [-0.15, -0.1) is 11.8 Å². The molecule has 0 aliphatic carbocycles. The Bertz CT molecular complexity index is 369. The predicted molar refractivity (Wildman–Crippen MR) is 68.4 cm³/mol. The summed E-state index contributed by atoms with van der Waals surface area (Å²) >= 11 is 1.86. The molecule has 2 atom stereocenters. The molecule has 1 aliphatic heterocycles. The molecule has 4 heteroatoms. The van der Waals surface area contributed by atoms with Crippen LogP contribution in [-0.4, -0.2) is 23.2 Å². The highest BCUT2D eigenvalue weighted by Crippen LogP contribution is 2.32. The zero-order chi connectivity index (χ0) is 11.5. The van der Waals surface area contributed by atoms with Gasteiger partial charge in [0.2, 0.25) is 5.91 Å². The fraction of sp³-hybridized carbons (Fsp3) is 0.417. The van der Waals surface area contributed by atoms with Gasteiger partial charge >= 0.3 is 0 Å². The van der Waals surface area contributed by atoms with Gasteiger partial charge in [0, 0.05) is 18.4 Å². The van der Waals surface area contributed by atoms with E-state index in [9.17, 15) is 4.79 Å². The molecule has 2 rings (SSSR count). The van der Waals surface area contributed by atoms with Crippen LogP contribution in [0.3, 0.4) is 0 Å². The summed E-state index contributed by atoms with van der Waals surface area (Å²) in [5.41, 5.74) is 1.17. The molecule has 1 amide bonds. The van der Waals surface area contributed by atoms with Gasteiger partial charge in [0.25, 0.3) is 0 Å². The quantitative estimate of drug-likeness (QED) is 0.853. The SMILES string of the molecule is CC(=O)NC1CSC(C)N1c1ccccc1. The summed E-state index contributed by atoms with van der Waals surface area (Å²) in [6.45, 7) is 3.73. The predicted octanol–water partition coefficient (Wildman–Crippen LogP) is 2.05. The maximum Gasteiger partial charge on any atom is 0.218 e. The number of hydrogen-bond acceptors (Lipinski definition) is 3. The maximum absolute atomic E-state index is 11.1. The van der Waals surface area contributed by atoms with Crippen molar-refractivity contribution in [2.24, 2.45) is 0 Å². The van der Waals surface area contributed by atoms with Gasteiger partial charge in [-0.25, -0.2) is 0 Å². The van der Waals surface area contributed by atoms with Crippen molar-refractivity contribution >= 4 is 23.4 Å². The van der Waals surface area contributed by atoms with Crippen molar-refractivity contribution < 1.29 is 4.79 Å². The first kappa shape index (κ1) is 11.3. The highest BCUT2D eigenvalue weighted by molar-refractivity contribution is 8.00. The first-order chi connectivity index (χ1) is 7.68. The molecular formula is C12H16N2OS. The van der Waals surface area contributed by atoms with Gasteiger partial charge in [-0.2, -0.15) is 0 Å². The van der Waals surface area contributed by atoms with Crippen LogP contribution in [0.1, 0.15) is 13.8 Å². The van der Waals surface area contributed by atoms with Gasteiger partial charge in [0.15, 0.2) is 0 Å². The van der Waals surface area contributed by atoms with Gasteiger partial charge in [0.1, 0.15) is 6.17 Å². The van der Waals surface area contributed by atoms with E-state index in [0.717, 1.165) is 5.75 Å². The molecule has 1 heterocycles. The molecule has 1 N–H and O–H groups in total. The average molecular weight is 236 g/mol. The highest BCUT2D eigenvalue weighted by atomic mass is 32.2. The van der Waals surface area contributed by atoms with Crippen molar-refractivity contribution in [2.75, 3.05) is 10.7 Å². The Kier molecular flexibility index (Phi) is 3.39. The number of anilines is 1. The third kappa shape index (κ3) is 2.32. The van der Waals surface area contributed by atoms with Gasteiger partial charge in [-0.05, 0) is 19.1 Å². The molecule has 0 saturated carbocycles. The van der Waals surface area contributed by atoms with Crippen molar-refractivity contribution in [3.63, 3.8) is 0 Å². The van der Waals surface area contributed by atoms with Gasteiger partial charge < -0.3 is 10.2 Å². The van der Waals surface area contributed by atoms with Gasteiger partial charge in [-0.3, -0.25) is 4.79 Å². The number of carbonyl (C=O) groups is 1. The minimum absolute atomic E-state index is 0.0284. The van der Waals surface area contributed by atoms with E-state index in [4.69, 9.17) is 0 Å². The number of nitrogens with one attached hydrogen (secondary N) is 1. The second-order valence-electron chi connectivity index (χ2n) is 3.89. The van der Waals surface area contributed by atoms with Crippen LogP contribution in [0, 0.1) is 0 Å². The second kappa shape index (κ2) is 4.78. The molecular weight excluding hydrogens is 220 g/mol. The number of amides is 1. The smallest absolute Gasteiger partial charge is 0.218 e. The van der Waals surface area contributed by atoms with Crippen LogP contribution in [0.15, 0.2) is 30.3 Å². The lowest BCUT2D eigenvalue weighted by molar-refractivity contribution is -0.119. The Morgan fingerprint density at radius 1 is 1.44 bits per heavy atom. The topological polar surface area (TPSA) is 32.3 Å². The molecule has 1 aromatic carbocycles. The summed E-state index contributed by atoms with van der Waals surface area (Å²) in [6, 6.07) is 10.2. The summed E-state index contributed by atoms with van der Waals surface area (Å²) in [7, 11) is 0. The molecule has 16 heavy (non-hydrogen) atoms. The third-order valence-corrected chi connectivity index (χ3v) is 3.86. The first-order valence-corrected chi connectivity index (χ1v) is 6.45. The summed E-state index contributed by atoms with van der Waals surface area (Å²) in [5, 5.41) is 3.39. The zero-order valence-electron chi connectivity index (χ0n) is 9.51. The van der Waals surface area contributed by atoms with Crippen molar-refractivity contribution in [3.05, 3.63) is 30.3 Å². The van der Waals surface area contributed by atoms with E-state index in [0.29, 0.717) is 5.37 Å². The van der Waals surface area contributed by atoms with E-state index in [1.54, 1.807) is 6.92 Å². The van der Waals surface area contributed by atoms with E-state index < -0.39 is 0 Å². The zero-order valence-corrected chi connectivity index (χ0v) is 10.3. The van der Waals surface area contributed by atoms with Crippen molar-refractivity contribution in [3.8, 4) is 0 Å². The van der Waals surface area contributed by atoms with E-state index >= 15 is 0 Å². The molecule has 1 aliphatic rings. The fourth-order valence-corrected chi connectivity index (χ4v) is 3.11. The molecule has 1 saturated heterocycles. The summed E-state index contributed by atoms with van der Waals surface area (Å²) in [5.74, 6) is 0.968. The van der Waals surface area contributed by atoms with Crippen LogP contribution in [0.5, 0.6) is 0 Å². The molecule has 0 radical (unpaired) electrons. The van der Waals surface area contributed by atoms with Crippen LogP contribution >= 0.6 is 11.8 Å². The lowest BCUT2D eigenvalue weighted by Crippen LogP contribution is -2.47. The van der Waals surface area contributed by atoms with Gasteiger partial charge in [-0.1, -0.05) is 18.2 Å². The number of carbonyl (C=O) groups excluding carboxylic acids is 1. The Hall–Kier alpha value is -1.16. The van der Waals surface area contributed by atoms with Crippen LogP contribution in [0.2, 0.25) is 0 Å². The number of para-hydroxylation sites is 1. The molecule has 3 nitrogen and oxygen atoms in total. The number of thioether (sulfide) groups is 1. The fourth-order valence-electron chi connectivity index (χ4n) is 1.98. The average Bonchev–Trinajstić information content (AvgIpc) is 2.60. The maximum atomic E-state index is 11.1. The number of hydrogen-bond donors (Lipinski definition) is 1. The number of nitrogens with zero attached hydrogens (tertiary/aromatic N) is 1. The second-order valence-corrected chi connectivity index (χ2v) is 5.24. The van der Waals surface area contributed by atoms with Crippen LogP contribution < -0.4 is 10.2 Å². The number of rotatable bonds is 2. The van der Waals surface area contributed by atoms with Crippen LogP contribution in [0.4, 0.5) is 5.69 Å². The van der Waals surface area contributed by atoms with Crippen molar-refractivity contribution in [2.45, 2.75) is 25.4 Å². The lowest BCUT2D eigenvalue weighted by Gasteiger charge is -2.29. The van der Waals surface area contributed by atoms with Gasteiger partial charge in [0.05, 0.1) is 5.37 Å². The van der Waals surface area contributed by atoms with E-state index in [1.807, 2.05) is 30.0 Å². The summed E-state index contributed by atoms with van der Waals surface area (Å²) in [6.07, 6.45) is 0.111. The van der Waals surface area contributed by atoms with E-state index in [2.05, 4.69) is 29.3 Å². The molecule has 2 unspecified atom stereocenters. The molecule has 1 aromatic rings. The largest absolute Gasteiger partial charge is 0.339 e. The Morgan fingerprint density at radius 3 is 2.75 bits per heavy atom. The van der Waals surface area contributed by atoms with Crippen molar-refractivity contribution in [1.82, 2.24) is 5.32 Å². The molecule has 0 bridgehead atoms. The van der Waals surface area contributed by atoms with E-state index in [-0.39, 0.29) is 12.1 Å². The Morgan fingerprint density at radius 2 is 2.12 bits per heavy atom. The minimum Gasteiger partial charge on any atom is -0.339 e. The van der Waals surface area contributed by atoms with Crippen molar-refractivity contribution in [1.29, 1.82) is 0 Å². The first-order valence-electron chi connectivity index (χ1n) is 5.40. The van der Waals surface area contributed by atoms with Crippen LogP contribution in [0.25, 0.3) is 0 Å². The Balaban J connectivity index is 2.19. The van der Waals surface area contributed by atoms with E-state index in [1.165, 1.54) is 5.69 Å². The Labute approximate surface area is 100 Å². The minimum atomic E-state index is 0.0284. The molecule has 86 valence electrons. The number of benzene rings is 1. The summed E-state index contributed by atoms with van der Waals surface area (Å²) < 4.78 is 0. The normalized spacial score (nSPS) is 24.5. The molecule has 0 aromatic heterocycles. The molecule has 0 spiro atoms. The molecule has 1 fully saturated rings. The van der Waals surface area contributed by atoms with Crippen LogP contribution in [-0.2, 0) is 4.79 Å². The monoisotopic (exact) mass is 236 g/mol.